The molecule has 3 nitrogen and oxygen atoms in total. The maximum absolute atomic E-state index is 6.22. The highest BCUT2D eigenvalue weighted by molar-refractivity contribution is 5.98. The van der Waals surface area contributed by atoms with Crippen molar-refractivity contribution in [2.45, 2.75) is 6.92 Å². The fourth-order valence-corrected chi connectivity index (χ4v) is 2.44. The molecule has 2 N–H and O–H groups in total. The second-order valence-corrected chi connectivity index (χ2v) is 4.77. The van der Waals surface area contributed by atoms with E-state index in [1.54, 1.807) is 7.11 Å². The molecule has 0 spiro atoms. The molecule has 0 fully saturated rings. The number of hydrogen-bond acceptors (Lipinski definition) is 3. The topological polar surface area (TPSA) is 48.1 Å². The molecular formula is C17H16N2O. The lowest BCUT2D eigenvalue weighted by Crippen LogP contribution is -1.97. The minimum atomic E-state index is 0.727. The fourth-order valence-electron chi connectivity index (χ4n) is 2.44. The molecular weight excluding hydrogens is 248 g/mol. The molecule has 100 valence electrons. The smallest absolute Gasteiger partial charge is 0.145 e. The Morgan fingerprint density at radius 2 is 1.80 bits per heavy atom. The van der Waals surface area contributed by atoms with Crippen LogP contribution in [0.4, 0.5) is 5.69 Å². The monoisotopic (exact) mass is 264 g/mol. The first-order chi connectivity index (χ1) is 9.70. The quantitative estimate of drug-likeness (QED) is 0.765. The number of fused-ring (bicyclic) bond motifs is 1. The summed E-state index contributed by atoms with van der Waals surface area (Å²) in [6.07, 6.45) is 0. The number of methoxy groups -OCH3 is 1. The van der Waals surface area contributed by atoms with Gasteiger partial charge in [0.15, 0.2) is 0 Å². The summed E-state index contributed by atoms with van der Waals surface area (Å²) in [5.74, 6) is 0.745. The third-order valence-electron chi connectivity index (χ3n) is 3.45. The van der Waals surface area contributed by atoms with Crippen LogP contribution in [0.5, 0.6) is 5.75 Å². The Morgan fingerprint density at radius 1 is 1.05 bits per heavy atom. The standard InChI is InChI=1S/C17H16N2O/c1-11-8-9-15(20-2)17-16(11)13(18)10-14(19-17)12-6-4-3-5-7-12/h3-10H,1-2H3,(H2,18,19). The van der Waals surface area contributed by atoms with Crippen LogP contribution < -0.4 is 10.5 Å². The van der Waals surface area contributed by atoms with E-state index < -0.39 is 0 Å². The van der Waals surface area contributed by atoms with Crippen LogP contribution >= 0.6 is 0 Å². The van der Waals surface area contributed by atoms with Gasteiger partial charge in [-0.2, -0.15) is 0 Å². The Hall–Kier alpha value is -2.55. The maximum atomic E-state index is 6.22. The van der Waals surface area contributed by atoms with Crippen LogP contribution in [0, 0.1) is 6.92 Å². The molecule has 0 bridgehead atoms. The number of aryl methyl sites for hydroxylation is 1. The molecule has 0 radical (unpaired) electrons. The summed E-state index contributed by atoms with van der Waals surface area (Å²) >= 11 is 0. The van der Waals surface area contributed by atoms with Crippen LogP contribution in [0.3, 0.4) is 0 Å². The number of benzene rings is 2. The lowest BCUT2D eigenvalue weighted by molar-refractivity contribution is 0.419. The van der Waals surface area contributed by atoms with Crippen molar-refractivity contribution in [3.8, 4) is 17.0 Å². The largest absolute Gasteiger partial charge is 0.494 e. The number of nitrogen functional groups attached to an aromatic ring is 1. The number of nitrogens with two attached hydrogens (primary N) is 1. The zero-order valence-corrected chi connectivity index (χ0v) is 11.6. The summed E-state index contributed by atoms with van der Waals surface area (Å²) in [4.78, 5) is 4.73. The van der Waals surface area contributed by atoms with Gasteiger partial charge in [-0.1, -0.05) is 36.4 Å². The van der Waals surface area contributed by atoms with Gasteiger partial charge < -0.3 is 10.5 Å². The minimum Gasteiger partial charge on any atom is -0.494 e. The zero-order valence-electron chi connectivity index (χ0n) is 11.6. The van der Waals surface area contributed by atoms with Gasteiger partial charge in [0.25, 0.3) is 0 Å². The van der Waals surface area contributed by atoms with E-state index in [0.29, 0.717) is 0 Å². The van der Waals surface area contributed by atoms with Gasteiger partial charge >= 0.3 is 0 Å². The number of rotatable bonds is 2. The van der Waals surface area contributed by atoms with Crippen LogP contribution in [0.15, 0.2) is 48.5 Å². The third-order valence-corrected chi connectivity index (χ3v) is 3.45. The average Bonchev–Trinajstić information content (AvgIpc) is 2.48. The second-order valence-electron chi connectivity index (χ2n) is 4.77. The first-order valence-corrected chi connectivity index (χ1v) is 6.50. The highest BCUT2D eigenvalue weighted by Crippen LogP contribution is 2.33. The van der Waals surface area contributed by atoms with E-state index >= 15 is 0 Å². The number of hydrogen-bond donors (Lipinski definition) is 1. The molecule has 3 heteroatoms. The van der Waals surface area contributed by atoms with Crippen molar-refractivity contribution >= 4 is 16.6 Å². The van der Waals surface area contributed by atoms with Crippen molar-refractivity contribution in [2.24, 2.45) is 0 Å². The SMILES string of the molecule is COc1ccc(C)c2c(N)cc(-c3ccccc3)nc12. The zero-order chi connectivity index (χ0) is 14.1. The van der Waals surface area contributed by atoms with Gasteiger partial charge in [-0.25, -0.2) is 4.98 Å². The maximum Gasteiger partial charge on any atom is 0.145 e. The molecule has 0 amide bonds. The third kappa shape index (κ3) is 1.97. The summed E-state index contributed by atoms with van der Waals surface area (Å²) in [6, 6.07) is 15.9. The number of anilines is 1. The average molecular weight is 264 g/mol. The van der Waals surface area contributed by atoms with Gasteiger partial charge in [0, 0.05) is 16.6 Å². The first-order valence-electron chi connectivity index (χ1n) is 6.50. The number of aromatic nitrogens is 1. The predicted molar refractivity (Wildman–Crippen MR) is 82.9 cm³/mol. The summed E-state index contributed by atoms with van der Waals surface area (Å²) in [5.41, 5.74) is 10.8. The summed E-state index contributed by atoms with van der Waals surface area (Å²) in [6.45, 7) is 2.03. The molecule has 3 aromatic rings. The van der Waals surface area contributed by atoms with Crippen molar-refractivity contribution in [1.29, 1.82) is 0 Å². The van der Waals surface area contributed by atoms with Crippen molar-refractivity contribution in [2.75, 3.05) is 12.8 Å². The molecule has 0 aliphatic heterocycles. The van der Waals surface area contributed by atoms with Crippen LogP contribution in [-0.2, 0) is 0 Å². The fraction of sp³-hybridized carbons (Fsp3) is 0.118. The number of pyridine rings is 1. The molecule has 0 aliphatic carbocycles. The van der Waals surface area contributed by atoms with Crippen LogP contribution in [-0.4, -0.2) is 12.1 Å². The molecule has 20 heavy (non-hydrogen) atoms. The first kappa shape index (κ1) is 12.5. The Labute approximate surface area is 118 Å². The van der Waals surface area contributed by atoms with E-state index in [0.717, 1.165) is 39.2 Å². The molecule has 0 saturated heterocycles. The van der Waals surface area contributed by atoms with Gasteiger partial charge in [-0.05, 0) is 24.6 Å². The number of ether oxygens (including phenoxy) is 1. The summed E-state index contributed by atoms with van der Waals surface area (Å²) < 4.78 is 5.41. The molecule has 0 unspecified atom stereocenters. The van der Waals surface area contributed by atoms with E-state index in [1.807, 2.05) is 55.5 Å². The van der Waals surface area contributed by atoms with E-state index in [2.05, 4.69) is 0 Å². The summed E-state index contributed by atoms with van der Waals surface area (Å²) in [5, 5.41) is 0.962. The second kappa shape index (κ2) is 4.85. The molecule has 1 heterocycles. The van der Waals surface area contributed by atoms with Crippen LogP contribution in [0.1, 0.15) is 5.56 Å². The van der Waals surface area contributed by atoms with Crippen LogP contribution in [0.2, 0.25) is 0 Å². The van der Waals surface area contributed by atoms with E-state index in [4.69, 9.17) is 15.5 Å². The predicted octanol–water partition coefficient (Wildman–Crippen LogP) is 3.80. The highest BCUT2D eigenvalue weighted by Gasteiger charge is 2.11. The van der Waals surface area contributed by atoms with E-state index in [1.165, 1.54) is 0 Å². The minimum absolute atomic E-state index is 0.727. The van der Waals surface area contributed by atoms with E-state index in [-0.39, 0.29) is 0 Å². The van der Waals surface area contributed by atoms with E-state index in [9.17, 15) is 0 Å². The molecule has 2 aromatic carbocycles. The lowest BCUT2D eigenvalue weighted by Gasteiger charge is -2.12. The van der Waals surface area contributed by atoms with Crippen LogP contribution in [0.25, 0.3) is 22.2 Å². The molecule has 1 aromatic heterocycles. The summed E-state index contributed by atoms with van der Waals surface area (Å²) in [7, 11) is 1.65. The highest BCUT2D eigenvalue weighted by atomic mass is 16.5. The van der Waals surface area contributed by atoms with Gasteiger partial charge in [-0.15, -0.1) is 0 Å². The van der Waals surface area contributed by atoms with Crippen molar-refractivity contribution in [3.05, 3.63) is 54.1 Å². The van der Waals surface area contributed by atoms with Crippen molar-refractivity contribution < 1.29 is 4.74 Å². The molecule has 0 atom stereocenters. The van der Waals surface area contributed by atoms with Gasteiger partial charge in [0.2, 0.25) is 0 Å². The van der Waals surface area contributed by atoms with Gasteiger partial charge in [-0.3, -0.25) is 0 Å². The number of nitrogens with zero attached hydrogens (tertiary/aromatic N) is 1. The Kier molecular flexibility index (Phi) is 3.03. The Bertz CT molecular complexity index is 767. The van der Waals surface area contributed by atoms with Gasteiger partial charge in [0.1, 0.15) is 11.3 Å². The Morgan fingerprint density at radius 3 is 2.50 bits per heavy atom. The molecule has 3 rings (SSSR count). The Balaban J connectivity index is 2.33. The van der Waals surface area contributed by atoms with Gasteiger partial charge in [0.05, 0.1) is 12.8 Å². The van der Waals surface area contributed by atoms with Crippen molar-refractivity contribution in [1.82, 2.24) is 4.98 Å². The normalized spacial score (nSPS) is 10.7. The lowest BCUT2D eigenvalue weighted by atomic mass is 10.0. The van der Waals surface area contributed by atoms with Crippen molar-refractivity contribution in [3.63, 3.8) is 0 Å². The molecule has 0 aliphatic rings. The molecule has 0 saturated carbocycles.